The van der Waals surface area contributed by atoms with Crippen LogP contribution in [-0.2, 0) is 0 Å². The van der Waals surface area contributed by atoms with Gasteiger partial charge in [0.05, 0.1) is 5.52 Å². The fourth-order valence-corrected chi connectivity index (χ4v) is 2.15. The number of aromatic nitrogens is 1. The van der Waals surface area contributed by atoms with Crippen LogP contribution in [0.25, 0.3) is 10.9 Å². The quantitative estimate of drug-likeness (QED) is 0.850. The summed E-state index contributed by atoms with van der Waals surface area (Å²) >= 11 is 0. The molecule has 0 fully saturated rings. The average Bonchev–Trinajstić information content (AvgIpc) is 2.29. The highest BCUT2D eigenvalue weighted by Gasteiger charge is 2.05. The maximum Gasteiger partial charge on any atom is 0.0725 e. The number of nitrogens with zero attached hydrogens (tertiary/aromatic N) is 1. The minimum atomic E-state index is 0.506. The van der Waals surface area contributed by atoms with E-state index >= 15 is 0 Å². The highest BCUT2D eigenvalue weighted by Crippen LogP contribution is 2.23. The smallest absolute Gasteiger partial charge is 0.0725 e. The minimum absolute atomic E-state index is 0.506. The van der Waals surface area contributed by atoms with Crippen LogP contribution in [0.15, 0.2) is 30.5 Å². The molecule has 0 radical (unpaired) electrons. The van der Waals surface area contributed by atoms with Crippen molar-refractivity contribution in [2.24, 2.45) is 0 Å². The van der Waals surface area contributed by atoms with Crippen LogP contribution in [0.2, 0.25) is 0 Å². The van der Waals surface area contributed by atoms with Gasteiger partial charge in [-0.05, 0) is 38.0 Å². The van der Waals surface area contributed by atoms with Gasteiger partial charge in [-0.15, -0.1) is 0 Å². The fraction of sp³-hybridized carbons (Fsp3) is 0.400. The normalized spacial score (nSPS) is 12.6. The predicted octanol–water partition coefficient (Wildman–Crippen LogP) is 4.14. The summed E-state index contributed by atoms with van der Waals surface area (Å²) in [4.78, 5) is 4.42. The molecule has 2 nitrogen and oxygen atoms in total. The van der Waals surface area contributed by atoms with E-state index < -0.39 is 0 Å². The Bertz CT molecular complexity index is 505. The second-order valence-corrected chi connectivity index (χ2v) is 4.71. The van der Waals surface area contributed by atoms with Crippen LogP contribution >= 0.6 is 0 Å². The summed E-state index contributed by atoms with van der Waals surface area (Å²) in [6.45, 7) is 6.54. The van der Waals surface area contributed by atoms with Crippen molar-refractivity contribution in [1.29, 1.82) is 0 Å². The molecule has 2 heteroatoms. The Morgan fingerprint density at radius 2 is 2.12 bits per heavy atom. The first-order valence-corrected chi connectivity index (χ1v) is 6.32. The van der Waals surface area contributed by atoms with Crippen molar-refractivity contribution in [2.45, 2.75) is 39.7 Å². The van der Waals surface area contributed by atoms with Crippen molar-refractivity contribution in [1.82, 2.24) is 4.98 Å². The van der Waals surface area contributed by atoms with Crippen LogP contribution in [-0.4, -0.2) is 11.0 Å². The van der Waals surface area contributed by atoms with E-state index in [1.165, 1.54) is 29.5 Å². The number of rotatable bonds is 4. The molecule has 1 aromatic heterocycles. The lowest BCUT2D eigenvalue weighted by Gasteiger charge is -2.16. The van der Waals surface area contributed by atoms with Crippen LogP contribution in [0.5, 0.6) is 0 Å². The van der Waals surface area contributed by atoms with Gasteiger partial charge in [-0.3, -0.25) is 4.98 Å². The molecule has 2 aromatic rings. The molecule has 90 valence electrons. The molecule has 0 spiro atoms. The molecular formula is C15H20N2. The first-order chi connectivity index (χ1) is 8.20. The highest BCUT2D eigenvalue weighted by molar-refractivity contribution is 5.91. The van der Waals surface area contributed by atoms with Crippen LogP contribution in [0.4, 0.5) is 5.69 Å². The van der Waals surface area contributed by atoms with Crippen molar-refractivity contribution in [3.63, 3.8) is 0 Å². The Hall–Kier alpha value is -1.57. The standard InChI is InChI=1S/C15H20N2/c1-4-5-12(3)17-14-8-9-16-15-10-11(2)6-7-13(14)15/h6-10,12H,4-5H2,1-3H3,(H,16,17). The number of anilines is 1. The number of benzene rings is 1. The van der Waals surface area contributed by atoms with Crippen LogP contribution < -0.4 is 5.32 Å². The van der Waals surface area contributed by atoms with Crippen molar-refractivity contribution in [3.05, 3.63) is 36.0 Å². The van der Waals surface area contributed by atoms with E-state index in [0.717, 1.165) is 5.52 Å². The van der Waals surface area contributed by atoms with Crippen LogP contribution in [0.3, 0.4) is 0 Å². The maximum absolute atomic E-state index is 4.42. The van der Waals surface area contributed by atoms with Gasteiger partial charge in [-0.2, -0.15) is 0 Å². The van der Waals surface area contributed by atoms with E-state index in [9.17, 15) is 0 Å². The van der Waals surface area contributed by atoms with E-state index in [1.807, 2.05) is 6.20 Å². The molecular weight excluding hydrogens is 208 g/mol. The predicted molar refractivity (Wildman–Crippen MR) is 74.5 cm³/mol. The zero-order valence-electron chi connectivity index (χ0n) is 10.8. The zero-order valence-corrected chi connectivity index (χ0v) is 10.8. The zero-order chi connectivity index (χ0) is 12.3. The molecule has 0 amide bonds. The van der Waals surface area contributed by atoms with Crippen LogP contribution in [0, 0.1) is 6.92 Å². The van der Waals surface area contributed by atoms with Gasteiger partial charge in [-0.25, -0.2) is 0 Å². The Labute approximate surface area is 103 Å². The van der Waals surface area contributed by atoms with Crippen molar-refractivity contribution in [2.75, 3.05) is 5.32 Å². The second-order valence-electron chi connectivity index (χ2n) is 4.71. The molecule has 0 aliphatic carbocycles. The van der Waals surface area contributed by atoms with Gasteiger partial charge in [-0.1, -0.05) is 25.5 Å². The van der Waals surface area contributed by atoms with Crippen LogP contribution in [0.1, 0.15) is 32.3 Å². The van der Waals surface area contributed by atoms with E-state index in [4.69, 9.17) is 0 Å². The summed E-state index contributed by atoms with van der Waals surface area (Å²) in [5.41, 5.74) is 3.51. The fourth-order valence-electron chi connectivity index (χ4n) is 2.15. The molecule has 2 rings (SSSR count). The summed E-state index contributed by atoms with van der Waals surface area (Å²) in [6, 6.07) is 8.99. The number of fused-ring (bicyclic) bond motifs is 1. The first kappa shape index (κ1) is 11.9. The third kappa shape index (κ3) is 2.76. The Morgan fingerprint density at radius 3 is 2.88 bits per heavy atom. The van der Waals surface area contributed by atoms with Crippen molar-refractivity contribution < 1.29 is 0 Å². The SMILES string of the molecule is CCCC(C)Nc1ccnc2cc(C)ccc12. The first-order valence-electron chi connectivity index (χ1n) is 6.32. The Morgan fingerprint density at radius 1 is 1.29 bits per heavy atom. The van der Waals surface area contributed by atoms with Gasteiger partial charge >= 0.3 is 0 Å². The molecule has 0 saturated carbocycles. The number of hydrogen-bond donors (Lipinski definition) is 1. The summed E-state index contributed by atoms with van der Waals surface area (Å²) in [5, 5.41) is 4.77. The number of hydrogen-bond acceptors (Lipinski definition) is 2. The summed E-state index contributed by atoms with van der Waals surface area (Å²) in [7, 11) is 0. The Balaban J connectivity index is 2.34. The molecule has 0 saturated heterocycles. The van der Waals surface area contributed by atoms with E-state index in [2.05, 4.69) is 55.3 Å². The summed E-state index contributed by atoms with van der Waals surface area (Å²) in [6.07, 6.45) is 4.27. The molecule has 1 N–H and O–H groups in total. The van der Waals surface area contributed by atoms with E-state index in [0.29, 0.717) is 6.04 Å². The number of pyridine rings is 1. The third-order valence-corrected chi connectivity index (χ3v) is 3.02. The Kier molecular flexibility index (Phi) is 3.62. The number of aryl methyl sites for hydroxylation is 1. The number of nitrogens with one attached hydrogen (secondary N) is 1. The highest BCUT2D eigenvalue weighted by atomic mass is 14.9. The van der Waals surface area contributed by atoms with Crippen molar-refractivity contribution >= 4 is 16.6 Å². The lowest BCUT2D eigenvalue weighted by Crippen LogP contribution is -2.14. The van der Waals surface area contributed by atoms with Gasteiger partial charge in [0.2, 0.25) is 0 Å². The lowest BCUT2D eigenvalue weighted by atomic mass is 10.1. The van der Waals surface area contributed by atoms with Gasteiger partial charge in [0.1, 0.15) is 0 Å². The third-order valence-electron chi connectivity index (χ3n) is 3.02. The molecule has 0 aliphatic rings. The lowest BCUT2D eigenvalue weighted by molar-refractivity contribution is 0.691. The van der Waals surface area contributed by atoms with Gasteiger partial charge in [0.25, 0.3) is 0 Å². The minimum Gasteiger partial charge on any atom is -0.382 e. The molecule has 1 heterocycles. The molecule has 17 heavy (non-hydrogen) atoms. The average molecular weight is 228 g/mol. The maximum atomic E-state index is 4.42. The molecule has 1 unspecified atom stereocenters. The second kappa shape index (κ2) is 5.17. The molecule has 1 atom stereocenters. The molecule has 0 bridgehead atoms. The van der Waals surface area contributed by atoms with Crippen molar-refractivity contribution in [3.8, 4) is 0 Å². The summed E-state index contributed by atoms with van der Waals surface area (Å²) < 4.78 is 0. The van der Waals surface area contributed by atoms with E-state index in [-0.39, 0.29) is 0 Å². The van der Waals surface area contributed by atoms with Gasteiger partial charge < -0.3 is 5.32 Å². The van der Waals surface area contributed by atoms with E-state index in [1.54, 1.807) is 0 Å². The van der Waals surface area contributed by atoms with Gasteiger partial charge in [0, 0.05) is 23.3 Å². The molecule has 0 aliphatic heterocycles. The topological polar surface area (TPSA) is 24.9 Å². The monoisotopic (exact) mass is 228 g/mol. The molecule has 1 aromatic carbocycles. The largest absolute Gasteiger partial charge is 0.382 e. The van der Waals surface area contributed by atoms with Gasteiger partial charge in [0.15, 0.2) is 0 Å². The summed E-state index contributed by atoms with van der Waals surface area (Å²) in [5.74, 6) is 0.